The zero-order valence-corrected chi connectivity index (χ0v) is 11.5. The highest BCUT2D eigenvalue weighted by molar-refractivity contribution is 5.81. The van der Waals surface area contributed by atoms with E-state index < -0.39 is 11.7 Å². The van der Waals surface area contributed by atoms with Gasteiger partial charge < -0.3 is 25.8 Å². The van der Waals surface area contributed by atoms with E-state index >= 15 is 0 Å². The van der Waals surface area contributed by atoms with E-state index in [-0.39, 0.29) is 18.6 Å². The number of amides is 1. The average Bonchev–Trinajstić information content (AvgIpc) is 2.72. The van der Waals surface area contributed by atoms with Crippen LogP contribution in [0, 0.1) is 0 Å². The standard InChI is InChI=1S/C12H25N3O3/c1-12(17,8-15(2)3)7-14-11(16)10-5-4-9(6-13)18-10/h9-10,17H,4-8,13H2,1-3H3,(H,14,16). The maximum Gasteiger partial charge on any atom is 0.249 e. The van der Waals surface area contributed by atoms with Crippen molar-refractivity contribution in [2.45, 2.75) is 37.6 Å². The third-order valence-corrected chi connectivity index (χ3v) is 2.96. The lowest BCUT2D eigenvalue weighted by molar-refractivity contribution is -0.133. The first-order chi connectivity index (χ1) is 8.34. The molecule has 6 heteroatoms. The number of nitrogens with one attached hydrogen (secondary N) is 1. The van der Waals surface area contributed by atoms with E-state index in [0.717, 1.165) is 6.42 Å². The van der Waals surface area contributed by atoms with Gasteiger partial charge in [-0.3, -0.25) is 4.79 Å². The Labute approximate surface area is 108 Å². The minimum Gasteiger partial charge on any atom is -0.387 e. The van der Waals surface area contributed by atoms with Gasteiger partial charge in [-0.15, -0.1) is 0 Å². The fourth-order valence-corrected chi connectivity index (χ4v) is 2.20. The van der Waals surface area contributed by atoms with Crippen LogP contribution < -0.4 is 11.1 Å². The van der Waals surface area contributed by atoms with E-state index in [1.807, 2.05) is 19.0 Å². The zero-order valence-electron chi connectivity index (χ0n) is 11.5. The van der Waals surface area contributed by atoms with Gasteiger partial charge in [-0.1, -0.05) is 0 Å². The number of hydrogen-bond acceptors (Lipinski definition) is 5. The summed E-state index contributed by atoms with van der Waals surface area (Å²) in [7, 11) is 3.75. The van der Waals surface area contributed by atoms with Crippen LogP contribution in [0.3, 0.4) is 0 Å². The second kappa shape index (κ2) is 6.47. The summed E-state index contributed by atoms with van der Waals surface area (Å²) < 4.78 is 5.49. The van der Waals surface area contributed by atoms with Crippen LogP contribution in [0.25, 0.3) is 0 Å². The summed E-state index contributed by atoms with van der Waals surface area (Å²) >= 11 is 0. The Balaban J connectivity index is 2.33. The van der Waals surface area contributed by atoms with E-state index in [9.17, 15) is 9.90 Å². The minimum absolute atomic E-state index is 0.0111. The molecule has 0 aromatic carbocycles. The Morgan fingerprint density at radius 1 is 1.56 bits per heavy atom. The van der Waals surface area contributed by atoms with Crippen LogP contribution in [0.1, 0.15) is 19.8 Å². The van der Waals surface area contributed by atoms with Crippen LogP contribution in [0.5, 0.6) is 0 Å². The van der Waals surface area contributed by atoms with E-state index in [2.05, 4.69) is 5.32 Å². The lowest BCUT2D eigenvalue weighted by Gasteiger charge is -2.27. The molecule has 1 rings (SSSR count). The fourth-order valence-electron chi connectivity index (χ4n) is 2.20. The number of hydrogen-bond donors (Lipinski definition) is 3. The van der Waals surface area contributed by atoms with Gasteiger partial charge in [-0.25, -0.2) is 0 Å². The molecule has 0 radical (unpaired) electrons. The van der Waals surface area contributed by atoms with Gasteiger partial charge in [-0.05, 0) is 33.9 Å². The summed E-state index contributed by atoms with van der Waals surface area (Å²) in [6.07, 6.45) is 1.09. The largest absolute Gasteiger partial charge is 0.387 e. The summed E-state index contributed by atoms with van der Waals surface area (Å²) in [5.41, 5.74) is 4.55. The van der Waals surface area contributed by atoms with Crippen molar-refractivity contribution in [1.29, 1.82) is 0 Å². The molecular weight excluding hydrogens is 234 g/mol. The maximum atomic E-state index is 11.8. The lowest BCUT2D eigenvalue weighted by Crippen LogP contribution is -2.49. The molecule has 1 saturated heterocycles. The summed E-state index contributed by atoms with van der Waals surface area (Å²) in [4.78, 5) is 13.7. The highest BCUT2D eigenvalue weighted by atomic mass is 16.5. The Hall–Kier alpha value is -0.690. The number of aliphatic hydroxyl groups is 1. The fraction of sp³-hybridized carbons (Fsp3) is 0.917. The third kappa shape index (κ3) is 4.89. The number of likely N-dealkylation sites (N-methyl/N-ethyl adjacent to an activating group) is 1. The Morgan fingerprint density at radius 3 is 2.72 bits per heavy atom. The van der Waals surface area contributed by atoms with Gasteiger partial charge in [0.05, 0.1) is 11.7 Å². The summed E-state index contributed by atoms with van der Waals surface area (Å²) in [5.74, 6) is -0.162. The van der Waals surface area contributed by atoms with Crippen molar-refractivity contribution >= 4 is 5.91 Å². The van der Waals surface area contributed by atoms with Crippen molar-refractivity contribution in [1.82, 2.24) is 10.2 Å². The van der Waals surface area contributed by atoms with Crippen molar-refractivity contribution in [3.8, 4) is 0 Å². The van der Waals surface area contributed by atoms with Crippen molar-refractivity contribution in [2.24, 2.45) is 5.73 Å². The molecule has 106 valence electrons. The molecule has 1 fully saturated rings. The molecule has 1 amide bonds. The number of ether oxygens (including phenoxy) is 1. The smallest absolute Gasteiger partial charge is 0.249 e. The third-order valence-electron chi connectivity index (χ3n) is 2.96. The highest BCUT2D eigenvalue weighted by Gasteiger charge is 2.31. The molecule has 1 aliphatic heterocycles. The molecule has 0 spiro atoms. The monoisotopic (exact) mass is 259 g/mol. The molecule has 3 unspecified atom stereocenters. The second-order valence-electron chi connectivity index (χ2n) is 5.51. The molecule has 0 aromatic rings. The van der Waals surface area contributed by atoms with Crippen LogP contribution in [0.4, 0.5) is 0 Å². The highest BCUT2D eigenvalue weighted by Crippen LogP contribution is 2.18. The van der Waals surface area contributed by atoms with Gasteiger partial charge in [0.2, 0.25) is 5.91 Å². The van der Waals surface area contributed by atoms with Crippen LogP contribution in [0.15, 0.2) is 0 Å². The molecule has 0 saturated carbocycles. The van der Waals surface area contributed by atoms with Gasteiger partial charge >= 0.3 is 0 Å². The first-order valence-electron chi connectivity index (χ1n) is 6.34. The van der Waals surface area contributed by atoms with Crippen LogP contribution in [-0.2, 0) is 9.53 Å². The molecule has 3 atom stereocenters. The molecular formula is C12H25N3O3. The van der Waals surface area contributed by atoms with Crippen molar-refractivity contribution in [2.75, 3.05) is 33.7 Å². The number of nitrogens with zero attached hydrogens (tertiary/aromatic N) is 1. The first kappa shape index (κ1) is 15.4. The Morgan fingerprint density at radius 2 is 2.22 bits per heavy atom. The number of rotatable bonds is 6. The SMILES string of the molecule is CN(C)CC(C)(O)CNC(=O)C1CCC(CN)O1. The topological polar surface area (TPSA) is 87.8 Å². The summed E-state index contributed by atoms with van der Waals surface area (Å²) in [6, 6.07) is 0. The molecule has 18 heavy (non-hydrogen) atoms. The van der Waals surface area contributed by atoms with Gasteiger partial charge in [0.15, 0.2) is 0 Å². The molecule has 0 aromatic heterocycles. The van der Waals surface area contributed by atoms with Gasteiger partial charge in [-0.2, -0.15) is 0 Å². The van der Waals surface area contributed by atoms with Gasteiger partial charge in [0.1, 0.15) is 6.10 Å². The zero-order chi connectivity index (χ0) is 13.8. The lowest BCUT2D eigenvalue weighted by atomic mass is 10.1. The van der Waals surface area contributed by atoms with E-state index in [1.54, 1.807) is 6.92 Å². The van der Waals surface area contributed by atoms with Crippen molar-refractivity contribution in [3.63, 3.8) is 0 Å². The minimum atomic E-state index is -0.939. The average molecular weight is 259 g/mol. The van der Waals surface area contributed by atoms with Crippen LogP contribution in [0.2, 0.25) is 0 Å². The molecule has 1 heterocycles. The quantitative estimate of drug-likeness (QED) is 0.565. The molecule has 0 aliphatic carbocycles. The van der Waals surface area contributed by atoms with Crippen LogP contribution >= 0.6 is 0 Å². The van der Waals surface area contributed by atoms with Gasteiger partial charge in [0.25, 0.3) is 0 Å². The Bertz CT molecular complexity index is 282. The summed E-state index contributed by atoms with van der Waals surface area (Å²) in [5, 5.41) is 12.8. The van der Waals surface area contributed by atoms with Crippen molar-refractivity contribution in [3.05, 3.63) is 0 Å². The predicted molar refractivity (Wildman–Crippen MR) is 69.1 cm³/mol. The number of nitrogens with two attached hydrogens (primary N) is 1. The second-order valence-corrected chi connectivity index (χ2v) is 5.51. The van der Waals surface area contributed by atoms with Gasteiger partial charge in [0, 0.05) is 19.6 Å². The molecule has 0 bridgehead atoms. The number of carbonyl (C=O) groups excluding carboxylic acids is 1. The predicted octanol–water partition coefficient (Wildman–Crippen LogP) is -1.08. The van der Waals surface area contributed by atoms with Crippen molar-refractivity contribution < 1.29 is 14.6 Å². The van der Waals surface area contributed by atoms with E-state index in [0.29, 0.717) is 19.5 Å². The molecule has 6 nitrogen and oxygen atoms in total. The van der Waals surface area contributed by atoms with E-state index in [1.165, 1.54) is 0 Å². The number of carbonyl (C=O) groups is 1. The summed E-state index contributed by atoms with van der Waals surface area (Å²) in [6.45, 7) is 2.86. The van der Waals surface area contributed by atoms with Crippen LogP contribution in [-0.4, -0.2) is 67.5 Å². The maximum absolute atomic E-state index is 11.8. The first-order valence-corrected chi connectivity index (χ1v) is 6.34. The molecule has 4 N–H and O–H groups in total. The normalized spacial score (nSPS) is 27.2. The Kier molecular flexibility index (Phi) is 5.52. The van der Waals surface area contributed by atoms with E-state index in [4.69, 9.17) is 10.5 Å². The molecule has 1 aliphatic rings.